The lowest BCUT2D eigenvalue weighted by Crippen LogP contribution is -2.44. The van der Waals surface area contributed by atoms with Crippen molar-refractivity contribution < 1.29 is 19.3 Å². The van der Waals surface area contributed by atoms with Gasteiger partial charge in [-0.05, 0) is 19.3 Å². The van der Waals surface area contributed by atoms with E-state index in [1.165, 1.54) is 0 Å². The summed E-state index contributed by atoms with van der Waals surface area (Å²) in [6.45, 7) is 6.56. The van der Waals surface area contributed by atoms with Crippen LogP contribution in [0.15, 0.2) is 0 Å². The molecular formula is C15H28O4. The van der Waals surface area contributed by atoms with Crippen LogP contribution in [0.5, 0.6) is 0 Å². The van der Waals surface area contributed by atoms with E-state index in [0.29, 0.717) is 6.61 Å². The van der Waals surface area contributed by atoms with Gasteiger partial charge in [-0.3, -0.25) is 0 Å². The van der Waals surface area contributed by atoms with E-state index in [9.17, 15) is 5.11 Å². The Hall–Kier alpha value is -0.160. The number of aliphatic hydroxyl groups excluding tert-OH is 1. The van der Waals surface area contributed by atoms with E-state index < -0.39 is 0 Å². The van der Waals surface area contributed by atoms with Gasteiger partial charge in [0.2, 0.25) is 0 Å². The van der Waals surface area contributed by atoms with E-state index >= 15 is 0 Å². The van der Waals surface area contributed by atoms with Crippen LogP contribution in [0.2, 0.25) is 0 Å². The predicted molar refractivity (Wildman–Crippen MR) is 73.2 cm³/mol. The van der Waals surface area contributed by atoms with Gasteiger partial charge in [-0.1, -0.05) is 26.7 Å². The van der Waals surface area contributed by atoms with Crippen molar-refractivity contribution in [2.45, 2.75) is 64.3 Å². The number of rotatable bonds is 10. The summed E-state index contributed by atoms with van der Waals surface area (Å²) in [5.41, 5.74) is -0.241. The van der Waals surface area contributed by atoms with Gasteiger partial charge in [-0.25, -0.2) is 0 Å². The van der Waals surface area contributed by atoms with E-state index in [-0.39, 0.29) is 30.3 Å². The summed E-state index contributed by atoms with van der Waals surface area (Å²) in [7, 11) is 0. The van der Waals surface area contributed by atoms with Crippen molar-refractivity contribution in [2.24, 2.45) is 5.41 Å². The number of epoxide rings is 1. The maximum absolute atomic E-state index is 9.82. The zero-order valence-electron chi connectivity index (χ0n) is 12.3. The van der Waals surface area contributed by atoms with Crippen LogP contribution < -0.4 is 0 Å². The van der Waals surface area contributed by atoms with E-state index in [1.54, 1.807) is 0 Å². The largest absolute Gasteiger partial charge is 0.396 e. The van der Waals surface area contributed by atoms with E-state index in [1.807, 2.05) is 0 Å². The Bertz CT molecular complexity index is 271. The molecule has 4 atom stereocenters. The Morgan fingerprint density at radius 1 is 1.21 bits per heavy atom. The molecule has 19 heavy (non-hydrogen) atoms. The smallest absolute Gasteiger partial charge is 0.111 e. The van der Waals surface area contributed by atoms with Crippen LogP contribution in [-0.4, -0.2) is 49.8 Å². The summed E-state index contributed by atoms with van der Waals surface area (Å²) < 4.78 is 17.3. The fourth-order valence-electron chi connectivity index (χ4n) is 2.94. The highest BCUT2D eigenvalue weighted by molar-refractivity contribution is 5.11. The lowest BCUT2D eigenvalue weighted by Gasteiger charge is -2.35. The van der Waals surface area contributed by atoms with Crippen LogP contribution >= 0.6 is 0 Å². The van der Waals surface area contributed by atoms with E-state index in [4.69, 9.17) is 14.2 Å². The molecule has 0 aromatic carbocycles. The lowest BCUT2D eigenvalue weighted by molar-refractivity contribution is -0.115. The second-order valence-corrected chi connectivity index (χ2v) is 5.91. The van der Waals surface area contributed by atoms with Gasteiger partial charge < -0.3 is 19.3 Å². The maximum Gasteiger partial charge on any atom is 0.111 e. The molecule has 4 heteroatoms. The minimum Gasteiger partial charge on any atom is -0.396 e. The van der Waals surface area contributed by atoms with Crippen molar-refractivity contribution in [1.82, 2.24) is 0 Å². The quantitative estimate of drug-likeness (QED) is 0.489. The maximum atomic E-state index is 9.82. The molecule has 0 unspecified atom stereocenters. The first-order valence-corrected chi connectivity index (χ1v) is 7.73. The minimum absolute atomic E-state index is 0.00989. The van der Waals surface area contributed by atoms with E-state index in [2.05, 4.69) is 13.8 Å². The average molecular weight is 272 g/mol. The van der Waals surface area contributed by atoms with Gasteiger partial charge in [0.05, 0.1) is 25.4 Å². The number of unbranched alkanes of at least 4 members (excludes halogenated alkanes) is 2. The Morgan fingerprint density at radius 2 is 1.95 bits per heavy atom. The molecule has 0 bridgehead atoms. The SMILES string of the molecule is CCCCOC[C@@]1(CO)C[C@@H]2O[C@@H]2[C@@H]1OCCCC. The fourth-order valence-corrected chi connectivity index (χ4v) is 2.94. The summed E-state index contributed by atoms with van der Waals surface area (Å²) in [4.78, 5) is 0. The molecule has 1 saturated heterocycles. The highest BCUT2D eigenvalue weighted by Crippen LogP contribution is 2.51. The first-order chi connectivity index (χ1) is 9.27. The number of hydrogen-bond acceptors (Lipinski definition) is 4. The van der Waals surface area contributed by atoms with Crippen LogP contribution in [0.25, 0.3) is 0 Å². The molecule has 0 aromatic heterocycles. The van der Waals surface area contributed by atoms with Crippen molar-refractivity contribution in [3.63, 3.8) is 0 Å². The Balaban J connectivity index is 1.85. The highest BCUT2D eigenvalue weighted by atomic mass is 16.6. The molecule has 112 valence electrons. The van der Waals surface area contributed by atoms with Gasteiger partial charge in [-0.2, -0.15) is 0 Å². The summed E-state index contributed by atoms with van der Waals surface area (Å²) in [6.07, 6.45) is 5.76. The topological polar surface area (TPSA) is 51.2 Å². The first kappa shape index (κ1) is 15.2. The normalized spacial score (nSPS) is 36.5. The molecule has 2 aliphatic rings. The molecule has 1 saturated carbocycles. The minimum atomic E-state index is -0.241. The van der Waals surface area contributed by atoms with Crippen molar-refractivity contribution >= 4 is 0 Å². The number of ether oxygens (including phenoxy) is 3. The second-order valence-electron chi connectivity index (χ2n) is 5.91. The number of fused-ring (bicyclic) bond motifs is 1. The van der Waals surface area contributed by atoms with Crippen molar-refractivity contribution in [3.05, 3.63) is 0 Å². The van der Waals surface area contributed by atoms with Gasteiger partial charge in [0.15, 0.2) is 0 Å². The molecule has 0 aromatic rings. The van der Waals surface area contributed by atoms with Gasteiger partial charge in [0, 0.05) is 18.6 Å². The van der Waals surface area contributed by atoms with E-state index in [0.717, 1.165) is 45.3 Å². The molecule has 0 radical (unpaired) electrons. The fraction of sp³-hybridized carbons (Fsp3) is 1.00. The van der Waals surface area contributed by atoms with Gasteiger partial charge >= 0.3 is 0 Å². The first-order valence-electron chi connectivity index (χ1n) is 7.73. The van der Waals surface area contributed by atoms with Crippen LogP contribution in [0.1, 0.15) is 46.0 Å². The standard InChI is InChI=1S/C15H28O4/c1-3-5-7-17-11-15(10-16)9-12-13(19-12)14(15)18-8-6-4-2/h12-14,16H,3-11H2,1-2H3/t12-,13-,14-,15-/m0/s1. The zero-order chi connectivity index (χ0) is 13.7. The van der Waals surface area contributed by atoms with Crippen molar-refractivity contribution in [1.29, 1.82) is 0 Å². The average Bonchev–Trinajstić information content (AvgIpc) is 3.11. The molecule has 4 nitrogen and oxygen atoms in total. The van der Waals surface area contributed by atoms with Crippen molar-refractivity contribution in [3.8, 4) is 0 Å². The van der Waals surface area contributed by atoms with Gasteiger partial charge in [0.25, 0.3) is 0 Å². The summed E-state index contributed by atoms with van der Waals surface area (Å²) >= 11 is 0. The third-order valence-electron chi connectivity index (χ3n) is 4.27. The Labute approximate surface area is 116 Å². The Kier molecular flexibility index (Phi) is 5.63. The van der Waals surface area contributed by atoms with Crippen molar-refractivity contribution in [2.75, 3.05) is 26.4 Å². The summed E-state index contributed by atoms with van der Waals surface area (Å²) in [5, 5.41) is 9.82. The molecular weight excluding hydrogens is 244 g/mol. The van der Waals surface area contributed by atoms with Crippen LogP contribution in [0.4, 0.5) is 0 Å². The van der Waals surface area contributed by atoms with Gasteiger partial charge in [-0.15, -0.1) is 0 Å². The lowest BCUT2D eigenvalue weighted by atomic mass is 9.85. The molecule has 0 amide bonds. The molecule has 1 N–H and O–H groups in total. The Morgan fingerprint density at radius 3 is 2.63 bits per heavy atom. The number of aliphatic hydroxyl groups is 1. The molecule has 2 rings (SSSR count). The highest BCUT2D eigenvalue weighted by Gasteiger charge is 2.63. The van der Waals surface area contributed by atoms with Gasteiger partial charge in [0.1, 0.15) is 6.10 Å². The molecule has 1 aliphatic heterocycles. The summed E-state index contributed by atoms with van der Waals surface area (Å²) in [5.74, 6) is 0. The van der Waals surface area contributed by atoms with Crippen LogP contribution in [0.3, 0.4) is 0 Å². The molecule has 2 fully saturated rings. The molecule has 1 aliphatic carbocycles. The molecule has 0 spiro atoms. The third kappa shape index (κ3) is 3.48. The summed E-state index contributed by atoms with van der Waals surface area (Å²) in [6, 6.07) is 0. The molecule has 1 heterocycles. The second kappa shape index (κ2) is 7.02. The monoisotopic (exact) mass is 272 g/mol. The van der Waals surface area contributed by atoms with Crippen LogP contribution in [0, 0.1) is 5.41 Å². The third-order valence-corrected chi connectivity index (χ3v) is 4.27. The number of hydrogen-bond donors (Lipinski definition) is 1. The predicted octanol–water partition coefficient (Wildman–Crippen LogP) is 2.14. The zero-order valence-corrected chi connectivity index (χ0v) is 12.3. The van der Waals surface area contributed by atoms with Crippen LogP contribution in [-0.2, 0) is 14.2 Å².